The SMILES string of the molecule is C=CCN1C[C@H](c2nc3ccccc3n2CCCCOc2ccccc2OC)CC1=O. The number of likely N-dealkylation sites (tertiary alicyclic amines) is 1. The van der Waals surface area contributed by atoms with Crippen LogP contribution in [0.5, 0.6) is 11.5 Å². The van der Waals surface area contributed by atoms with Crippen LogP contribution in [0.25, 0.3) is 11.0 Å². The van der Waals surface area contributed by atoms with Crippen LogP contribution >= 0.6 is 0 Å². The monoisotopic (exact) mass is 419 g/mol. The first-order chi connectivity index (χ1) is 15.2. The highest BCUT2D eigenvalue weighted by Gasteiger charge is 2.33. The fourth-order valence-electron chi connectivity index (χ4n) is 4.21. The molecule has 0 radical (unpaired) electrons. The number of nitrogens with zero attached hydrogens (tertiary/aromatic N) is 3. The number of aromatic nitrogens is 2. The van der Waals surface area contributed by atoms with E-state index < -0.39 is 0 Å². The third-order valence-corrected chi connectivity index (χ3v) is 5.72. The van der Waals surface area contributed by atoms with Gasteiger partial charge in [0.1, 0.15) is 5.82 Å². The van der Waals surface area contributed by atoms with Crippen LogP contribution in [0.1, 0.15) is 31.0 Å². The second kappa shape index (κ2) is 9.69. The Morgan fingerprint density at radius 2 is 1.90 bits per heavy atom. The van der Waals surface area contributed by atoms with Crippen molar-refractivity contribution >= 4 is 16.9 Å². The lowest BCUT2D eigenvalue weighted by Crippen LogP contribution is -2.25. The Morgan fingerprint density at radius 3 is 2.71 bits per heavy atom. The maximum atomic E-state index is 12.4. The minimum Gasteiger partial charge on any atom is -0.493 e. The van der Waals surface area contributed by atoms with Gasteiger partial charge in [-0.2, -0.15) is 0 Å². The molecule has 1 atom stereocenters. The minimum atomic E-state index is 0.115. The Labute approximate surface area is 183 Å². The normalized spacial score (nSPS) is 16.1. The van der Waals surface area contributed by atoms with Crippen LogP contribution in [0.3, 0.4) is 0 Å². The molecule has 2 heterocycles. The van der Waals surface area contributed by atoms with Gasteiger partial charge in [-0.25, -0.2) is 4.98 Å². The van der Waals surface area contributed by atoms with Gasteiger partial charge in [-0.05, 0) is 37.1 Å². The first-order valence-corrected chi connectivity index (χ1v) is 10.8. The van der Waals surface area contributed by atoms with Gasteiger partial charge in [-0.15, -0.1) is 6.58 Å². The Hall–Kier alpha value is -3.28. The summed E-state index contributed by atoms with van der Waals surface area (Å²) >= 11 is 0. The van der Waals surface area contributed by atoms with Gasteiger partial charge < -0.3 is 18.9 Å². The maximum absolute atomic E-state index is 12.4. The summed E-state index contributed by atoms with van der Waals surface area (Å²) in [7, 11) is 1.65. The van der Waals surface area contributed by atoms with Gasteiger partial charge in [0.15, 0.2) is 11.5 Å². The van der Waals surface area contributed by atoms with Gasteiger partial charge >= 0.3 is 0 Å². The van der Waals surface area contributed by atoms with E-state index in [1.807, 2.05) is 47.4 Å². The number of methoxy groups -OCH3 is 1. The minimum absolute atomic E-state index is 0.115. The predicted molar refractivity (Wildman–Crippen MR) is 122 cm³/mol. The molecule has 1 aromatic heterocycles. The van der Waals surface area contributed by atoms with E-state index >= 15 is 0 Å². The molecule has 1 amide bonds. The zero-order valence-corrected chi connectivity index (χ0v) is 18.0. The molecule has 2 aromatic carbocycles. The molecular formula is C25H29N3O3. The lowest BCUT2D eigenvalue weighted by atomic mass is 10.1. The Kier molecular flexibility index (Phi) is 6.55. The van der Waals surface area contributed by atoms with Crippen molar-refractivity contribution in [2.75, 3.05) is 26.8 Å². The van der Waals surface area contributed by atoms with Crippen molar-refractivity contribution < 1.29 is 14.3 Å². The molecule has 31 heavy (non-hydrogen) atoms. The molecule has 0 saturated carbocycles. The van der Waals surface area contributed by atoms with Crippen molar-refractivity contribution in [2.45, 2.75) is 31.7 Å². The van der Waals surface area contributed by atoms with Crippen LogP contribution in [0, 0.1) is 0 Å². The first kappa shape index (κ1) is 21.0. The number of ether oxygens (including phenoxy) is 2. The molecule has 0 unspecified atom stereocenters. The second-order valence-corrected chi connectivity index (χ2v) is 7.81. The quantitative estimate of drug-likeness (QED) is 0.361. The topological polar surface area (TPSA) is 56.6 Å². The highest BCUT2D eigenvalue weighted by molar-refractivity contribution is 5.81. The van der Waals surface area contributed by atoms with E-state index in [-0.39, 0.29) is 11.8 Å². The van der Waals surface area contributed by atoms with Gasteiger partial charge in [0.2, 0.25) is 5.91 Å². The standard InChI is InChI=1S/C25H29N3O3/c1-3-14-27-18-19(17-24(27)29)25-26-20-10-4-5-11-21(20)28(25)15-8-9-16-31-23-13-7-6-12-22(23)30-2/h3-7,10-13,19H,1,8-9,14-18H2,2H3/t19-/m1/s1. The first-order valence-electron chi connectivity index (χ1n) is 10.8. The third kappa shape index (κ3) is 4.58. The molecule has 162 valence electrons. The van der Waals surface area contributed by atoms with E-state index in [0.717, 1.165) is 47.7 Å². The summed E-state index contributed by atoms with van der Waals surface area (Å²) in [6.07, 6.45) is 4.16. The molecule has 0 spiro atoms. The van der Waals surface area contributed by atoms with Gasteiger partial charge in [-0.1, -0.05) is 30.3 Å². The van der Waals surface area contributed by atoms with Crippen LogP contribution in [0.4, 0.5) is 0 Å². The smallest absolute Gasteiger partial charge is 0.223 e. The Morgan fingerprint density at radius 1 is 1.13 bits per heavy atom. The van der Waals surface area contributed by atoms with Crippen molar-refractivity contribution in [2.24, 2.45) is 0 Å². The van der Waals surface area contributed by atoms with Crippen LogP contribution in [-0.4, -0.2) is 47.2 Å². The fourth-order valence-corrected chi connectivity index (χ4v) is 4.21. The van der Waals surface area contributed by atoms with Crippen molar-refractivity contribution in [1.82, 2.24) is 14.5 Å². The van der Waals surface area contributed by atoms with Crippen LogP contribution < -0.4 is 9.47 Å². The third-order valence-electron chi connectivity index (χ3n) is 5.72. The number of carbonyl (C=O) groups is 1. The van der Waals surface area contributed by atoms with Gasteiger partial charge in [0.05, 0.1) is 24.8 Å². The van der Waals surface area contributed by atoms with Crippen molar-refractivity contribution in [3.05, 3.63) is 67.0 Å². The number of imidazole rings is 1. The summed E-state index contributed by atoms with van der Waals surface area (Å²) in [5.74, 6) is 2.82. The highest BCUT2D eigenvalue weighted by Crippen LogP contribution is 2.31. The molecule has 1 saturated heterocycles. The Balaban J connectivity index is 1.43. The van der Waals surface area contributed by atoms with Crippen LogP contribution in [-0.2, 0) is 11.3 Å². The molecule has 1 aliphatic rings. The van der Waals surface area contributed by atoms with E-state index in [2.05, 4.69) is 17.2 Å². The summed E-state index contributed by atoms with van der Waals surface area (Å²) in [6, 6.07) is 15.9. The predicted octanol–water partition coefficient (Wildman–Crippen LogP) is 4.41. The van der Waals surface area contributed by atoms with Crippen LogP contribution in [0.15, 0.2) is 61.2 Å². The van der Waals surface area contributed by atoms with Crippen molar-refractivity contribution in [3.8, 4) is 11.5 Å². The molecule has 0 N–H and O–H groups in total. The van der Waals surface area contributed by atoms with E-state index in [9.17, 15) is 4.79 Å². The van der Waals surface area contributed by atoms with Crippen molar-refractivity contribution in [1.29, 1.82) is 0 Å². The molecular weight excluding hydrogens is 390 g/mol. The number of carbonyl (C=O) groups excluding carboxylic acids is 1. The van der Waals surface area contributed by atoms with Gasteiger partial charge in [0.25, 0.3) is 0 Å². The lowest BCUT2D eigenvalue weighted by Gasteiger charge is -2.16. The zero-order chi connectivity index (χ0) is 21.6. The molecule has 6 nitrogen and oxygen atoms in total. The summed E-state index contributed by atoms with van der Waals surface area (Å²) in [6.45, 7) is 6.52. The van der Waals surface area contributed by atoms with Crippen LogP contribution in [0.2, 0.25) is 0 Å². The van der Waals surface area contributed by atoms with E-state index in [0.29, 0.717) is 26.1 Å². The summed E-state index contributed by atoms with van der Waals surface area (Å²) < 4.78 is 13.5. The average molecular weight is 420 g/mol. The molecule has 1 fully saturated rings. The summed E-state index contributed by atoms with van der Waals surface area (Å²) in [4.78, 5) is 19.1. The number of hydrogen-bond donors (Lipinski definition) is 0. The van der Waals surface area contributed by atoms with Gasteiger partial charge in [0, 0.05) is 32.0 Å². The average Bonchev–Trinajstić information content (AvgIpc) is 3.34. The molecule has 6 heteroatoms. The zero-order valence-electron chi connectivity index (χ0n) is 18.0. The second-order valence-electron chi connectivity index (χ2n) is 7.81. The number of aryl methyl sites for hydroxylation is 1. The van der Waals surface area contributed by atoms with E-state index in [1.165, 1.54) is 0 Å². The largest absolute Gasteiger partial charge is 0.493 e. The number of rotatable bonds is 10. The van der Waals surface area contributed by atoms with Crippen molar-refractivity contribution in [3.63, 3.8) is 0 Å². The number of unbranched alkanes of at least 4 members (excludes halogenated alkanes) is 1. The van der Waals surface area contributed by atoms with Gasteiger partial charge in [-0.3, -0.25) is 4.79 Å². The van der Waals surface area contributed by atoms with E-state index in [1.54, 1.807) is 13.2 Å². The highest BCUT2D eigenvalue weighted by atomic mass is 16.5. The number of hydrogen-bond acceptors (Lipinski definition) is 4. The maximum Gasteiger partial charge on any atom is 0.223 e. The van der Waals surface area contributed by atoms with E-state index in [4.69, 9.17) is 14.5 Å². The molecule has 4 rings (SSSR count). The number of amides is 1. The summed E-state index contributed by atoms with van der Waals surface area (Å²) in [5.41, 5.74) is 2.11. The Bertz CT molecular complexity index is 1060. The molecule has 3 aromatic rings. The summed E-state index contributed by atoms with van der Waals surface area (Å²) in [5, 5.41) is 0. The molecule has 0 aliphatic carbocycles. The number of fused-ring (bicyclic) bond motifs is 1. The fraction of sp³-hybridized carbons (Fsp3) is 0.360. The molecule has 1 aliphatic heterocycles. The molecule has 0 bridgehead atoms. The lowest BCUT2D eigenvalue weighted by molar-refractivity contribution is -0.127. The number of para-hydroxylation sites is 4. The number of benzene rings is 2.